The Morgan fingerprint density at radius 3 is 1.98 bits per heavy atom. The Bertz CT molecular complexity index is 2290. The number of hydrogen-bond donors (Lipinski definition) is 0. The minimum atomic E-state index is -0.261. The molecule has 3 nitrogen and oxygen atoms in total. The molecule has 0 amide bonds. The molecule has 0 aliphatic heterocycles. The molecule has 0 atom stereocenters. The third-order valence-corrected chi connectivity index (χ3v) is 9.96. The summed E-state index contributed by atoms with van der Waals surface area (Å²) in [5.74, 6) is 0.727. The van der Waals surface area contributed by atoms with Gasteiger partial charge in [-0.15, -0.1) is 0 Å². The topological polar surface area (TPSA) is 30.7 Å². The van der Waals surface area contributed by atoms with Crippen LogP contribution in [0.1, 0.15) is 50.1 Å². The van der Waals surface area contributed by atoms with E-state index in [1.807, 2.05) is 0 Å². The fraction of sp³-hybridized carbons (Fsp3) is 0.150. The van der Waals surface area contributed by atoms with Gasteiger partial charge in [-0.3, -0.25) is 4.57 Å². The summed E-state index contributed by atoms with van der Waals surface area (Å²) >= 11 is 0. The predicted molar refractivity (Wildman–Crippen MR) is 177 cm³/mol. The standard InChI is InChI=1S/C40H31N3/c1-39(2)30-19-11-8-16-25(30)27-22-23-28-26-17-10-13-21-32(26)43(36(28)34(27)39)38-41-35(24-14-6-5-7-15-24)33-29-18-9-12-20-31(29)40(3,4)37(33)42-38/h5-23H,1-4H3. The van der Waals surface area contributed by atoms with Crippen molar-refractivity contribution in [3.05, 3.63) is 138 Å². The Morgan fingerprint density at radius 2 is 1.19 bits per heavy atom. The first-order valence-corrected chi connectivity index (χ1v) is 15.1. The Balaban J connectivity index is 1.45. The third kappa shape index (κ3) is 3.09. The van der Waals surface area contributed by atoms with Crippen LogP contribution in [0, 0.1) is 0 Å². The van der Waals surface area contributed by atoms with Crippen LogP contribution in [-0.4, -0.2) is 14.5 Å². The normalized spacial score (nSPS) is 15.3. The highest BCUT2D eigenvalue weighted by atomic mass is 15.2. The van der Waals surface area contributed by atoms with Crippen LogP contribution in [0.25, 0.3) is 61.3 Å². The lowest BCUT2D eigenvalue weighted by Gasteiger charge is -2.24. The van der Waals surface area contributed by atoms with Crippen LogP contribution in [0.5, 0.6) is 0 Å². The highest BCUT2D eigenvalue weighted by molar-refractivity contribution is 6.13. The van der Waals surface area contributed by atoms with Crippen molar-refractivity contribution in [1.82, 2.24) is 14.5 Å². The van der Waals surface area contributed by atoms with Crippen molar-refractivity contribution in [3.63, 3.8) is 0 Å². The first-order chi connectivity index (χ1) is 20.9. The number of hydrogen-bond acceptors (Lipinski definition) is 2. The van der Waals surface area contributed by atoms with E-state index in [1.54, 1.807) is 0 Å². The fourth-order valence-corrected chi connectivity index (χ4v) is 7.96. The second kappa shape index (κ2) is 8.29. The summed E-state index contributed by atoms with van der Waals surface area (Å²) in [6.45, 7) is 9.31. The molecule has 9 rings (SSSR count). The minimum Gasteiger partial charge on any atom is -0.278 e. The van der Waals surface area contributed by atoms with E-state index in [0.29, 0.717) is 0 Å². The average molecular weight is 554 g/mol. The quantitative estimate of drug-likeness (QED) is 0.213. The lowest BCUT2D eigenvalue weighted by Crippen LogP contribution is -2.19. The molecule has 7 aromatic rings. The van der Waals surface area contributed by atoms with E-state index in [9.17, 15) is 0 Å². The van der Waals surface area contributed by atoms with Crippen LogP contribution in [0.4, 0.5) is 0 Å². The van der Waals surface area contributed by atoms with E-state index in [4.69, 9.17) is 9.97 Å². The molecule has 206 valence electrons. The van der Waals surface area contributed by atoms with Crippen molar-refractivity contribution < 1.29 is 0 Å². The minimum absolute atomic E-state index is 0.175. The van der Waals surface area contributed by atoms with E-state index in [1.165, 1.54) is 49.7 Å². The Hall–Kier alpha value is -5.02. The fourth-order valence-electron chi connectivity index (χ4n) is 7.96. The second-order valence-electron chi connectivity index (χ2n) is 13.0. The summed E-state index contributed by atoms with van der Waals surface area (Å²) in [4.78, 5) is 11.0. The van der Waals surface area contributed by atoms with E-state index in [0.717, 1.165) is 34.0 Å². The molecule has 0 fully saturated rings. The van der Waals surface area contributed by atoms with Crippen LogP contribution in [0.3, 0.4) is 0 Å². The summed E-state index contributed by atoms with van der Waals surface area (Å²) in [6.07, 6.45) is 0. The van der Waals surface area contributed by atoms with Gasteiger partial charge in [0.25, 0.3) is 0 Å². The summed E-state index contributed by atoms with van der Waals surface area (Å²) in [5, 5.41) is 2.46. The van der Waals surface area contributed by atoms with Crippen molar-refractivity contribution in [2.45, 2.75) is 38.5 Å². The number of para-hydroxylation sites is 1. The molecule has 43 heavy (non-hydrogen) atoms. The number of aromatic nitrogens is 3. The Labute approximate surface area is 251 Å². The van der Waals surface area contributed by atoms with Gasteiger partial charge >= 0.3 is 0 Å². The summed E-state index contributed by atoms with van der Waals surface area (Å²) in [7, 11) is 0. The number of benzene rings is 5. The van der Waals surface area contributed by atoms with Crippen molar-refractivity contribution >= 4 is 21.8 Å². The molecule has 0 bridgehead atoms. The van der Waals surface area contributed by atoms with Gasteiger partial charge in [0.1, 0.15) is 0 Å². The molecular formula is C40H31N3. The molecular weight excluding hydrogens is 522 g/mol. The molecule has 2 heterocycles. The van der Waals surface area contributed by atoms with Crippen LogP contribution in [-0.2, 0) is 10.8 Å². The molecule has 0 radical (unpaired) electrons. The summed E-state index contributed by atoms with van der Waals surface area (Å²) in [6, 6.07) is 41.6. The van der Waals surface area contributed by atoms with Gasteiger partial charge < -0.3 is 0 Å². The zero-order chi connectivity index (χ0) is 29.1. The monoisotopic (exact) mass is 553 g/mol. The largest absolute Gasteiger partial charge is 0.278 e. The van der Waals surface area contributed by atoms with Crippen LogP contribution >= 0.6 is 0 Å². The van der Waals surface area contributed by atoms with Gasteiger partial charge in [0, 0.05) is 32.7 Å². The van der Waals surface area contributed by atoms with Crippen molar-refractivity contribution in [2.75, 3.05) is 0 Å². The average Bonchev–Trinajstić information content (AvgIpc) is 3.58. The molecule has 5 aromatic carbocycles. The van der Waals surface area contributed by atoms with Crippen LogP contribution in [0.15, 0.2) is 115 Å². The highest BCUT2D eigenvalue weighted by Gasteiger charge is 2.41. The van der Waals surface area contributed by atoms with Crippen LogP contribution < -0.4 is 0 Å². The molecule has 2 aliphatic carbocycles. The van der Waals surface area contributed by atoms with Gasteiger partial charge in [-0.05, 0) is 39.4 Å². The van der Waals surface area contributed by atoms with E-state index < -0.39 is 0 Å². The van der Waals surface area contributed by atoms with Crippen molar-refractivity contribution in [3.8, 4) is 39.5 Å². The van der Waals surface area contributed by atoms with Gasteiger partial charge in [-0.2, -0.15) is 0 Å². The Kier molecular flexibility index (Phi) is 4.74. The van der Waals surface area contributed by atoms with E-state index in [-0.39, 0.29) is 10.8 Å². The number of nitrogens with zero attached hydrogens (tertiary/aromatic N) is 3. The molecule has 3 heteroatoms. The Morgan fingerprint density at radius 1 is 0.535 bits per heavy atom. The lowest BCUT2D eigenvalue weighted by molar-refractivity contribution is 0.632. The zero-order valence-corrected chi connectivity index (χ0v) is 24.8. The maximum atomic E-state index is 5.52. The van der Waals surface area contributed by atoms with Crippen LogP contribution in [0.2, 0.25) is 0 Å². The second-order valence-corrected chi connectivity index (χ2v) is 13.0. The van der Waals surface area contributed by atoms with Gasteiger partial charge in [0.05, 0.1) is 22.4 Å². The van der Waals surface area contributed by atoms with Gasteiger partial charge in [0.2, 0.25) is 5.95 Å². The van der Waals surface area contributed by atoms with Gasteiger partial charge in [-0.1, -0.05) is 137 Å². The first-order valence-electron chi connectivity index (χ1n) is 15.1. The van der Waals surface area contributed by atoms with Gasteiger partial charge in [0.15, 0.2) is 0 Å². The summed E-state index contributed by atoms with van der Waals surface area (Å²) in [5.41, 5.74) is 14.1. The number of fused-ring (bicyclic) bond motifs is 10. The molecule has 2 aromatic heterocycles. The smallest absolute Gasteiger partial charge is 0.235 e. The summed E-state index contributed by atoms with van der Waals surface area (Å²) < 4.78 is 2.35. The van der Waals surface area contributed by atoms with E-state index in [2.05, 4.69) is 148 Å². The molecule has 2 aliphatic rings. The number of rotatable bonds is 2. The molecule has 0 N–H and O–H groups in total. The third-order valence-electron chi connectivity index (χ3n) is 9.96. The molecule has 0 unspecified atom stereocenters. The maximum Gasteiger partial charge on any atom is 0.235 e. The molecule has 0 saturated carbocycles. The van der Waals surface area contributed by atoms with Crippen molar-refractivity contribution in [1.29, 1.82) is 0 Å². The predicted octanol–water partition coefficient (Wildman–Crippen LogP) is 9.85. The van der Waals surface area contributed by atoms with E-state index >= 15 is 0 Å². The van der Waals surface area contributed by atoms with Crippen molar-refractivity contribution in [2.24, 2.45) is 0 Å². The molecule has 0 saturated heterocycles. The highest BCUT2D eigenvalue weighted by Crippen LogP contribution is 2.54. The van der Waals surface area contributed by atoms with Gasteiger partial charge in [-0.25, -0.2) is 9.97 Å². The SMILES string of the molecule is CC1(C)c2ccccc2-c2c(-c3ccccc3)nc(-n3c4ccccc4c4ccc5c(c43)C(C)(C)c3ccccc3-5)nc21. The maximum absolute atomic E-state index is 5.52. The lowest BCUT2D eigenvalue weighted by atomic mass is 9.81. The first kappa shape index (κ1) is 24.6. The molecule has 0 spiro atoms. The zero-order valence-electron chi connectivity index (χ0n) is 24.8.